The third-order valence-corrected chi connectivity index (χ3v) is 4.37. The number of rotatable bonds is 6. The summed E-state index contributed by atoms with van der Waals surface area (Å²) in [5.74, 6) is 1.73. The number of likely N-dealkylation sites (tertiary alicyclic amines) is 1. The Hall–Kier alpha value is -1.06. The van der Waals surface area contributed by atoms with Crippen molar-refractivity contribution in [3.63, 3.8) is 0 Å². The minimum absolute atomic E-state index is 0.542. The van der Waals surface area contributed by atoms with E-state index in [1.54, 1.807) is 7.11 Å². The summed E-state index contributed by atoms with van der Waals surface area (Å²) in [6.07, 6.45) is 3.84. The average molecular weight is 276 g/mol. The highest BCUT2D eigenvalue weighted by Gasteiger charge is 2.25. The maximum Gasteiger partial charge on any atom is 0.118 e. The highest BCUT2D eigenvalue weighted by Crippen LogP contribution is 2.30. The highest BCUT2D eigenvalue weighted by atomic mass is 16.5. The Labute approximate surface area is 123 Å². The summed E-state index contributed by atoms with van der Waals surface area (Å²) in [6, 6.07) is 9.13. The first-order valence-corrected chi connectivity index (χ1v) is 7.81. The van der Waals surface area contributed by atoms with Crippen LogP contribution in [0.5, 0.6) is 5.75 Å². The predicted molar refractivity (Wildman–Crippen MR) is 84.2 cm³/mol. The molecule has 0 spiro atoms. The quantitative estimate of drug-likeness (QED) is 0.864. The molecule has 1 aromatic carbocycles. The molecule has 0 aliphatic carbocycles. The third-order valence-electron chi connectivity index (χ3n) is 4.37. The second kappa shape index (κ2) is 7.65. The molecule has 1 aliphatic rings. The van der Waals surface area contributed by atoms with Gasteiger partial charge in [-0.15, -0.1) is 0 Å². The smallest absolute Gasteiger partial charge is 0.118 e. The van der Waals surface area contributed by atoms with Crippen molar-refractivity contribution in [3.8, 4) is 5.75 Å². The van der Waals surface area contributed by atoms with Crippen LogP contribution in [0.25, 0.3) is 0 Å². The summed E-state index contributed by atoms with van der Waals surface area (Å²) in [7, 11) is 3.78. The van der Waals surface area contributed by atoms with Crippen molar-refractivity contribution in [1.29, 1.82) is 0 Å². The highest BCUT2D eigenvalue weighted by molar-refractivity contribution is 5.29. The molecule has 2 atom stereocenters. The molecule has 0 amide bonds. The number of nitrogens with one attached hydrogen (secondary N) is 1. The Morgan fingerprint density at radius 2 is 2.10 bits per heavy atom. The van der Waals surface area contributed by atoms with Crippen molar-refractivity contribution in [2.24, 2.45) is 5.92 Å². The van der Waals surface area contributed by atoms with Gasteiger partial charge in [0.1, 0.15) is 5.75 Å². The second-order valence-electron chi connectivity index (χ2n) is 5.76. The van der Waals surface area contributed by atoms with Crippen LogP contribution in [0.3, 0.4) is 0 Å². The van der Waals surface area contributed by atoms with E-state index in [2.05, 4.69) is 48.5 Å². The van der Waals surface area contributed by atoms with Gasteiger partial charge in [-0.25, -0.2) is 0 Å². The summed E-state index contributed by atoms with van der Waals surface area (Å²) in [5.41, 5.74) is 1.42. The van der Waals surface area contributed by atoms with Crippen LogP contribution in [0.2, 0.25) is 0 Å². The Balaban J connectivity index is 2.06. The van der Waals surface area contributed by atoms with Gasteiger partial charge in [0.2, 0.25) is 0 Å². The molecule has 1 aromatic rings. The van der Waals surface area contributed by atoms with Crippen LogP contribution in [0.4, 0.5) is 0 Å². The number of hydrogen-bond acceptors (Lipinski definition) is 3. The van der Waals surface area contributed by atoms with Gasteiger partial charge in [0.15, 0.2) is 0 Å². The largest absolute Gasteiger partial charge is 0.497 e. The Morgan fingerprint density at radius 3 is 2.70 bits per heavy atom. The Kier molecular flexibility index (Phi) is 5.86. The lowest BCUT2D eigenvalue weighted by atomic mass is 9.93. The summed E-state index contributed by atoms with van der Waals surface area (Å²) >= 11 is 0. The van der Waals surface area contributed by atoms with Gasteiger partial charge < -0.3 is 10.1 Å². The van der Waals surface area contributed by atoms with Crippen molar-refractivity contribution in [3.05, 3.63) is 29.8 Å². The van der Waals surface area contributed by atoms with E-state index < -0.39 is 0 Å². The van der Waals surface area contributed by atoms with E-state index in [0.29, 0.717) is 6.04 Å². The predicted octanol–water partition coefficient (Wildman–Crippen LogP) is 3.08. The van der Waals surface area contributed by atoms with Crippen LogP contribution in [0.1, 0.15) is 37.8 Å². The van der Waals surface area contributed by atoms with Gasteiger partial charge in [0, 0.05) is 12.6 Å². The monoisotopic (exact) mass is 276 g/mol. The van der Waals surface area contributed by atoms with Crippen LogP contribution in [-0.2, 0) is 0 Å². The van der Waals surface area contributed by atoms with Gasteiger partial charge in [-0.2, -0.15) is 0 Å². The fourth-order valence-electron chi connectivity index (χ4n) is 3.37. The van der Waals surface area contributed by atoms with Crippen molar-refractivity contribution in [2.45, 2.75) is 32.2 Å². The number of piperidine rings is 1. The molecule has 3 nitrogen and oxygen atoms in total. The normalized spacial score (nSPS) is 21.6. The number of benzene rings is 1. The van der Waals surface area contributed by atoms with Gasteiger partial charge in [0.25, 0.3) is 0 Å². The first-order chi connectivity index (χ1) is 9.78. The molecule has 0 radical (unpaired) electrons. The first kappa shape index (κ1) is 15.3. The van der Waals surface area contributed by atoms with Gasteiger partial charge in [0.05, 0.1) is 7.11 Å². The first-order valence-electron chi connectivity index (χ1n) is 7.81. The van der Waals surface area contributed by atoms with Crippen molar-refractivity contribution in [2.75, 3.05) is 33.8 Å². The molecule has 2 rings (SSSR count). The summed E-state index contributed by atoms with van der Waals surface area (Å²) in [4.78, 5) is 2.66. The van der Waals surface area contributed by atoms with E-state index >= 15 is 0 Å². The van der Waals surface area contributed by atoms with Crippen LogP contribution < -0.4 is 10.1 Å². The van der Waals surface area contributed by atoms with Gasteiger partial charge in [-0.05, 0) is 63.0 Å². The molecule has 1 N–H and O–H groups in total. The number of methoxy groups -OCH3 is 1. The molecular weight excluding hydrogens is 248 g/mol. The van der Waals surface area contributed by atoms with Crippen LogP contribution >= 0.6 is 0 Å². The van der Waals surface area contributed by atoms with Crippen molar-refractivity contribution >= 4 is 0 Å². The number of hydrogen-bond donors (Lipinski definition) is 1. The summed E-state index contributed by atoms with van der Waals surface area (Å²) in [6.45, 7) is 5.86. The lowest BCUT2D eigenvalue weighted by molar-refractivity contribution is 0.119. The van der Waals surface area contributed by atoms with Crippen LogP contribution in [-0.4, -0.2) is 38.7 Å². The lowest BCUT2D eigenvalue weighted by Crippen LogP contribution is -2.41. The molecule has 1 fully saturated rings. The Morgan fingerprint density at radius 1 is 1.35 bits per heavy atom. The molecule has 0 aromatic heterocycles. The number of nitrogens with zero attached hydrogens (tertiary/aromatic N) is 1. The van der Waals surface area contributed by atoms with Crippen LogP contribution in [0.15, 0.2) is 24.3 Å². The zero-order valence-corrected chi connectivity index (χ0v) is 13.1. The molecule has 20 heavy (non-hydrogen) atoms. The third kappa shape index (κ3) is 3.74. The molecule has 1 heterocycles. The average Bonchev–Trinajstić information content (AvgIpc) is 2.49. The summed E-state index contributed by atoms with van der Waals surface area (Å²) < 4.78 is 5.26. The van der Waals surface area contributed by atoms with E-state index in [-0.39, 0.29) is 0 Å². The van der Waals surface area contributed by atoms with E-state index in [1.165, 1.54) is 37.9 Å². The zero-order chi connectivity index (χ0) is 14.4. The topological polar surface area (TPSA) is 24.5 Å². The maximum atomic E-state index is 5.26. The van der Waals surface area contributed by atoms with Crippen molar-refractivity contribution in [1.82, 2.24) is 10.2 Å². The van der Waals surface area contributed by atoms with Gasteiger partial charge in [-0.3, -0.25) is 4.90 Å². The SMILES string of the molecule is CCC(c1ccc(OC)cc1)N1CCCC(CNC)C1. The fourth-order valence-corrected chi connectivity index (χ4v) is 3.37. The van der Waals surface area contributed by atoms with Crippen molar-refractivity contribution < 1.29 is 4.74 Å². The standard InChI is InChI=1S/C17H28N2O/c1-4-17(15-7-9-16(20-3)10-8-15)19-11-5-6-14(13-19)12-18-2/h7-10,14,17-18H,4-6,11-13H2,1-3H3. The van der Waals surface area contributed by atoms with E-state index in [0.717, 1.165) is 18.2 Å². The Bertz CT molecular complexity index is 388. The maximum absolute atomic E-state index is 5.26. The molecule has 2 unspecified atom stereocenters. The fraction of sp³-hybridized carbons (Fsp3) is 0.647. The molecule has 0 bridgehead atoms. The van der Waals surface area contributed by atoms with E-state index in [1.807, 2.05) is 0 Å². The molecule has 0 saturated carbocycles. The van der Waals surface area contributed by atoms with E-state index in [9.17, 15) is 0 Å². The molecular formula is C17H28N2O. The molecule has 112 valence electrons. The molecule has 1 saturated heterocycles. The van der Waals surface area contributed by atoms with Gasteiger partial charge in [-0.1, -0.05) is 19.1 Å². The van der Waals surface area contributed by atoms with Gasteiger partial charge >= 0.3 is 0 Å². The minimum Gasteiger partial charge on any atom is -0.497 e. The second-order valence-corrected chi connectivity index (χ2v) is 5.76. The zero-order valence-electron chi connectivity index (χ0n) is 13.1. The number of ether oxygens (including phenoxy) is 1. The summed E-state index contributed by atoms with van der Waals surface area (Å²) in [5, 5.41) is 3.33. The van der Waals surface area contributed by atoms with Crippen LogP contribution in [0, 0.1) is 5.92 Å². The minimum atomic E-state index is 0.542. The lowest BCUT2D eigenvalue weighted by Gasteiger charge is -2.38. The molecule has 3 heteroatoms. The molecule has 1 aliphatic heterocycles. The van der Waals surface area contributed by atoms with E-state index in [4.69, 9.17) is 4.74 Å².